The molecule has 0 spiro atoms. The van der Waals surface area contributed by atoms with Gasteiger partial charge in [-0.25, -0.2) is 4.98 Å². The largest absolute Gasteiger partial charge is 0.361 e. The van der Waals surface area contributed by atoms with E-state index in [2.05, 4.69) is 32.5 Å². The Morgan fingerprint density at radius 2 is 2.22 bits per heavy atom. The van der Waals surface area contributed by atoms with Crippen LogP contribution in [0.2, 0.25) is 0 Å². The van der Waals surface area contributed by atoms with Crippen molar-refractivity contribution in [3.8, 4) is 0 Å². The molecule has 0 unspecified atom stereocenters. The fourth-order valence-corrected chi connectivity index (χ4v) is 3.51. The molecule has 0 fully saturated rings. The van der Waals surface area contributed by atoms with Crippen LogP contribution in [0, 0.1) is 6.92 Å². The van der Waals surface area contributed by atoms with Crippen molar-refractivity contribution >= 4 is 32.3 Å². The van der Waals surface area contributed by atoms with Gasteiger partial charge < -0.3 is 10.3 Å². The lowest BCUT2D eigenvalue weighted by molar-refractivity contribution is 0.884. The second kappa shape index (κ2) is 5.51. The van der Waals surface area contributed by atoms with Gasteiger partial charge in [-0.15, -0.1) is 5.10 Å². The molecule has 1 aromatic carbocycles. The van der Waals surface area contributed by atoms with Gasteiger partial charge in [-0.2, -0.15) is 4.52 Å². The molecule has 0 bridgehead atoms. The molecule has 0 saturated carbocycles. The zero-order chi connectivity index (χ0) is 15.8. The van der Waals surface area contributed by atoms with Gasteiger partial charge in [0.2, 0.25) is 10.1 Å². The van der Waals surface area contributed by atoms with Crippen LogP contribution in [-0.4, -0.2) is 26.1 Å². The van der Waals surface area contributed by atoms with Crippen LogP contribution in [0.25, 0.3) is 15.9 Å². The SMILES string of the molecule is Cc1cc(=O)n2nc(NCCc3c[nH]c4ccccc34)sc2n1. The molecule has 0 saturated heterocycles. The van der Waals surface area contributed by atoms with Gasteiger partial charge >= 0.3 is 0 Å². The minimum atomic E-state index is -0.145. The number of rotatable bonds is 4. The van der Waals surface area contributed by atoms with Gasteiger partial charge in [0.25, 0.3) is 5.56 Å². The molecule has 0 aliphatic heterocycles. The highest BCUT2D eigenvalue weighted by Crippen LogP contribution is 2.19. The number of hydrogen-bond acceptors (Lipinski definition) is 5. The summed E-state index contributed by atoms with van der Waals surface area (Å²) in [7, 11) is 0. The van der Waals surface area contributed by atoms with E-state index in [-0.39, 0.29) is 5.56 Å². The second-order valence-corrected chi connectivity index (χ2v) is 6.33. The number of H-pyrrole nitrogens is 1. The van der Waals surface area contributed by atoms with Crippen LogP contribution < -0.4 is 10.9 Å². The Balaban J connectivity index is 1.51. The van der Waals surface area contributed by atoms with Gasteiger partial charge in [0.05, 0.1) is 0 Å². The third-order valence-electron chi connectivity index (χ3n) is 3.72. The summed E-state index contributed by atoms with van der Waals surface area (Å²) in [6, 6.07) is 9.74. The van der Waals surface area contributed by atoms with Gasteiger partial charge in [0, 0.05) is 35.4 Å². The summed E-state index contributed by atoms with van der Waals surface area (Å²) in [5.41, 5.74) is 2.98. The van der Waals surface area contributed by atoms with Crippen molar-refractivity contribution in [2.24, 2.45) is 0 Å². The Kier molecular flexibility index (Phi) is 3.34. The lowest BCUT2D eigenvalue weighted by Gasteiger charge is -2.01. The van der Waals surface area contributed by atoms with E-state index >= 15 is 0 Å². The lowest BCUT2D eigenvalue weighted by atomic mass is 10.1. The number of fused-ring (bicyclic) bond motifs is 2. The van der Waals surface area contributed by atoms with Crippen LogP contribution >= 0.6 is 11.3 Å². The Bertz CT molecular complexity index is 1050. The van der Waals surface area contributed by atoms with Crippen molar-refractivity contribution in [3.63, 3.8) is 0 Å². The summed E-state index contributed by atoms with van der Waals surface area (Å²) in [5, 5.41) is 9.50. The molecule has 0 radical (unpaired) electrons. The van der Waals surface area contributed by atoms with E-state index in [1.54, 1.807) is 0 Å². The predicted molar refractivity (Wildman–Crippen MR) is 92.4 cm³/mol. The number of anilines is 1. The summed E-state index contributed by atoms with van der Waals surface area (Å²) in [5.74, 6) is 0. The van der Waals surface area contributed by atoms with Gasteiger partial charge in [-0.3, -0.25) is 4.79 Å². The molecular formula is C16H15N5OS. The van der Waals surface area contributed by atoms with Crippen LogP contribution in [0.15, 0.2) is 41.3 Å². The van der Waals surface area contributed by atoms with E-state index in [0.717, 1.165) is 18.5 Å². The molecule has 4 rings (SSSR count). The van der Waals surface area contributed by atoms with Crippen molar-refractivity contribution in [2.45, 2.75) is 13.3 Å². The van der Waals surface area contributed by atoms with E-state index in [1.807, 2.05) is 25.3 Å². The fourth-order valence-electron chi connectivity index (χ4n) is 2.63. The van der Waals surface area contributed by atoms with Gasteiger partial charge in [0.1, 0.15) is 0 Å². The predicted octanol–water partition coefficient (Wildman–Crippen LogP) is 2.60. The molecule has 7 heteroatoms. The monoisotopic (exact) mass is 325 g/mol. The average Bonchev–Trinajstić information content (AvgIpc) is 3.12. The highest BCUT2D eigenvalue weighted by molar-refractivity contribution is 7.20. The summed E-state index contributed by atoms with van der Waals surface area (Å²) in [4.78, 5) is 20.1. The van der Waals surface area contributed by atoms with Gasteiger partial charge in [-0.1, -0.05) is 29.5 Å². The molecule has 4 aromatic rings. The average molecular weight is 325 g/mol. The van der Waals surface area contributed by atoms with Crippen LogP contribution in [0.5, 0.6) is 0 Å². The maximum Gasteiger partial charge on any atom is 0.275 e. The maximum atomic E-state index is 11.9. The summed E-state index contributed by atoms with van der Waals surface area (Å²) >= 11 is 1.39. The molecule has 0 atom stereocenters. The highest BCUT2D eigenvalue weighted by atomic mass is 32.1. The van der Waals surface area contributed by atoms with Crippen molar-refractivity contribution in [2.75, 3.05) is 11.9 Å². The zero-order valence-electron chi connectivity index (χ0n) is 12.5. The van der Waals surface area contributed by atoms with Crippen molar-refractivity contribution in [1.82, 2.24) is 19.6 Å². The van der Waals surface area contributed by atoms with Crippen LogP contribution in [0.1, 0.15) is 11.3 Å². The quantitative estimate of drug-likeness (QED) is 0.605. The normalized spacial score (nSPS) is 11.3. The van der Waals surface area contributed by atoms with Crippen LogP contribution in [-0.2, 0) is 6.42 Å². The molecule has 23 heavy (non-hydrogen) atoms. The molecule has 6 nitrogen and oxygen atoms in total. The summed E-state index contributed by atoms with van der Waals surface area (Å²) in [6.45, 7) is 2.56. The van der Waals surface area contributed by atoms with E-state index in [0.29, 0.717) is 15.8 Å². The van der Waals surface area contributed by atoms with Crippen molar-refractivity contribution in [1.29, 1.82) is 0 Å². The Hall–Kier alpha value is -2.67. The Labute approximate surface area is 135 Å². The first-order valence-corrected chi connectivity index (χ1v) is 8.19. The molecule has 0 amide bonds. The third-order valence-corrected chi connectivity index (χ3v) is 4.58. The maximum absolute atomic E-state index is 11.9. The topological polar surface area (TPSA) is 75.1 Å². The highest BCUT2D eigenvalue weighted by Gasteiger charge is 2.08. The van der Waals surface area contributed by atoms with E-state index < -0.39 is 0 Å². The molecule has 0 aliphatic rings. The number of aromatic amines is 1. The number of nitrogens with one attached hydrogen (secondary N) is 2. The molecule has 0 aliphatic carbocycles. The number of aromatic nitrogens is 4. The number of nitrogens with zero attached hydrogens (tertiary/aromatic N) is 3. The van der Waals surface area contributed by atoms with Crippen LogP contribution in [0.4, 0.5) is 5.13 Å². The lowest BCUT2D eigenvalue weighted by Crippen LogP contribution is -2.14. The third kappa shape index (κ3) is 2.59. The summed E-state index contributed by atoms with van der Waals surface area (Å²) < 4.78 is 1.34. The molecule has 3 heterocycles. The smallest absolute Gasteiger partial charge is 0.275 e. The molecular weight excluding hydrogens is 310 g/mol. The molecule has 116 valence electrons. The number of para-hydroxylation sites is 1. The first-order valence-electron chi connectivity index (χ1n) is 7.37. The fraction of sp³-hybridized carbons (Fsp3) is 0.188. The van der Waals surface area contributed by atoms with E-state index in [1.165, 1.54) is 32.9 Å². The van der Waals surface area contributed by atoms with Crippen molar-refractivity contribution in [3.05, 3.63) is 58.1 Å². The first kappa shape index (κ1) is 14.0. The molecule has 3 aromatic heterocycles. The standard InChI is InChI=1S/C16H15N5OS/c1-10-8-14(22)21-16(19-10)23-15(20-21)17-7-6-11-9-18-13-5-3-2-4-12(11)13/h2-5,8-9,18H,6-7H2,1H3,(H,17,20). The number of benzene rings is 1. The summed E-state index contributed by atoms with van der Waals surface area (Å²) in [6.07, 6.45) is 2.92. The Morgan fingerprint density at radius 3 is 3.13 bits per heavy atom. The van der Waals surface area contributed by atoms with Gasteiger partial charge in [-0.05, 0) is 25.0 Å². The zero-order valence-corrected chi connectivity index (χ0v) is 13.4. The van der Waals surface area contributed by atoms with E-state index in [9.17, 15) is 4.79 Å². The number of aryl methyl sites for hydroxylation is 1. The number of hydrogen-bond donors (Lipinski definition) is 2. The minimum absolute atomic E-state index is 0.145. The minimum Gasteiger partial charge on any atom is -0.361 e. The second-order valence-electron chi connectivity index (χ2n) is 5.37. The van der Waals surface area contributed by atoms with Crippen molar-refractivity contribution < 1.29 is 0 Å². The van der Waals surface area contributed by atoms with Crippen LogP contribution in [0.3, 0.4) is 0 Å². The Morgan fingerprint density at radius 1 is 1.35 bits per heavy atom. The van der Waals surface area contributed by atoms with Gasteiger partial charge in [0.15, 0.2) is 0 Å². The molecule has 2 N–H and O–H groups in total. The first-order chi connectivity index (χ1) is 11.2. The van der Waals surface area contributed by atoms with E-state index in [4.69, 9.17) is 0 Å².